The Balaban J connectivity index is 1.60. The highest BCUT2D eigenvalue weighted by Crippen LogP contribution is 2.31. The second kappa shape index (κ2) is 5.71. The zero-order chi connectivity index (χ0) is 13.9. The molecule has 1 N–H and O–H groups in total. The lowest BCUT2D eigenvalue weighted by molar-refractivity contribution is -0.131. The van der Waals surface area contributed by atoms with Gasteiger partial charge in [0.05, 0.1) is 0 Å². The van der Waals surface area contributed by atoms with E-state index in [0.29, 0.717) is 32.1 Å². The van der Waals surface area contributed by atoms with Crippen LogP contribution in [0.4, 0.5) is 0 Å². The highest BCUT2D eigenvalue weighted by molar-refractivity contribution is 5.76. The number of nitrogens with one attached hydrogen (secondary N) is 1. The number of ether oxygens (including phenoxy) is 2. The van der Waals surface area contributed by atoms with Crippen molar-refractivity contribution in [2.24, 2.45) is 5.92 Å². The Morgan fingerprint density at radius 3 is 2.75 bits per heavy atom. The van der Waals surface area contributed by atoms with Gasteiger partial charge in [0.25, 0.3) is 0 Å². The minimum absolute atomic E-state index is 0.200. The summed E-state index contributed by atoms with van der Waals surface area (Å²) in [6.07, 6.45) is 0.633. The zero-order valence-corrected chi connectivity index (χ0v) is 11.7. The quantitative estimate of drug-likeness (QED) is 0.892. The summed E-state index contributed by atoms with van der Waals surface area (Å²) in [5, 5.41) is 3.19. The molecule has 2 heterocycles. The molecule has 0 unspecified atom stereocenters. The Morgan fingerprint density at radius 1 is 1.30 bits per heavy atom. The van der Waals surface area contributed by atoms with Crippen molar-refractivity contribution in [3.63, 3.8) is 0 Å². The molecule has 5 nitrogen and oxygen atoms in total. The van der Waals surface area contributed by atoms with E-state index in [0.717, 1.165) is 30.2 Å². The van der Waals surface area contributed by atoms with Crippen molar-refractivity contribution in [1.82, 2.24) is 10.2 Å². The zero-order valence-electron chi connectivity index (χ0n) is 11.7. The Kier molecular flexibility index (Phi) is 3.78. The molecule has 0 aromatic heterocycles. The molecule has 1 aromatic carbocycles. The first-order valence-corrected chi connectivity index (χ1v) is 7.05. The fourth-order valence-corrected chi connectivity index (χ4v) is 2.44. The lowest BCUT2D eigenvalue weighted by Gasteiger charge is -2.28. The average molecular weight is 276 g/mol. The van der Waals surface area contributed by atoms with Gasteiger partial charge in [0, 0.05) is 20.0 Å². The highest BCUT2D eigenvalue weighted by Gasteiger charge is 2.22. The van der Waals surface area contributed by atoms with Gasteiger partial charge >= 0.3 is 0 Å². The van der Waals surface area contributed by atoms with Crippen molar-refractivity contribution < 1.29 is 14.3 Å². The van der Waals surface area contributed by atoms with Crippen molar-refractivity contribution in [2.45, 2.75) is 13.0 Å². The van der Waals surface area contributed by atoms with E-state index in [9.17, 15) is 4.79 Å². The summed E-state index contributed by atoms with van der Waals surface area (Å²) in [7, 11) is 1.85. The summed E-state index contributed by atoms with van der Waals surface area (Å²) in [6.45, 7) is 3.71. The Hall–Kier alpha value is -1.75. The van der Waals surface area contributed by atoms with Gasteiger partial charge in [-0.3, -0.25) is 4.79 Å². The third-order valence-electron chi connectivity index (χ3n) is 3.78. The number of fused-ring (bicyclic) bond motifs is 1. The summed E-state index contributed by atoms with van der Waals surface area (Å²) < 4.78 is 11.1. The molecule has 0 bridgehead atoms. The van der Waals surface area contributed by atoms with E-state index in [1.54, 1.807) is 4.90 Å². The monoisotopic (exact) mass is 276 g/mol. The minimum Gasteiger partial charge on any atom is -0.486 e. The smallest absolute Gasteiger partial charge is 0.222 e. The van der Waals surface area contributed by atoms with Crippen molar-refractivity contribution >= 4 is 5.91 Å². The molecule has 20 heavy (non-hydrogen) atoms. The molecule has 0 spiro atoms. The molecule has 5 heteroatoms. The molecule has 1 fully saturated rings. The number of hydrogen-bond donors (Lipinski definition) is 1. The van der Waals surface area contributed by atoms with Crippen molar-refractivity contribution in [2.75, 3.05) is 33.4 Å². The van der Waals surface area contributed by atoms with E-state index < -0.39 is 0 Å². The molecule has 0 radical (unpaired) electrons. The van der Waals surface area contributed by atoms with Gasteiger partial charge in [0.2, 0.25) is 5.91 Å². The lowest BCUT2D eigenvalue weighted by Crippen LogP contribution is -2.44. The van der Waals surface area contributed by atoms with E-state index in [2.05, 4.69) is 5.32 Å². The molecule has 0 saturated carbocycles. The molecule has 0 aliphatic carbocycles. The number of rotatable bonds is 4. The molecule has 2 aliphatic rings. The Morgan fingerprint density at radius 2 is 2.05 bits per heavy atom. The van der Waals surface area contributed by atoms with Crippen LogP contribution >= 0.6 is 0 Å². The summed E-state index contributed by atoms with van der Waals surface area (Å²) in [4.78, 5) is 13.9. The van der Waals surface area contributed by atoms with Gasteiger partial charge < -0.3 is 19.7 Å². The van der Waals surface area contributed by atoms with Crippen LogP contribution in [0.3, 0.4) is 0 Å². The predicted octanol–water partition coefficient (Wildman–Crippen LogP) is 1.03. The molecule has 1 aromatic rings. The standard InChI is InChI=1S/C15H20N2O3/c1-17(15(18)7-12-8-16-9-12)10-11-2-3-13-14(6-11)20-5-4-19-13/h2-3,6,12,16H,4-5,7-10H2,1H3. The fourth-order valence-electron chi connectivity index (χ4n) is 2.44. The van der Waals surface area contributed by atoms with Crippen LogP contribution in [-0.4, -0.2) is 44.2 Å². The van der Waals surface area contributed by atoms with Crippen molar-refractivity contribution in [3.05, 3.63) is 23.8 Å². The predicted molar refractivity (Wildman–Crippen MR) is 74.9 cm³/mol. The largest absolute Gasteiger partial charge is 0.486 e. The van der Waals surface area contributed by atoms with E-state index in [1.807, 2.05) is 25.2 Å². The van der Waals surface area contributed by atoms with Crippen LogP contribution in [0.2, 0.25) is 0 Å². The summed E-state index contributed by atoms with van der Waals surface area (Å²) in [5.74, 6) is 2.27. The molecule has 1 amide bonds. The first kappa shape index (κ1) is 13.2. The molecule has 2 aliphatic heterocycles. The van der Waals surface area contributed by atoms with E-state index in [1.165, 1.54) is 0 Å². The number of hydrogen-bond acceptors (Lipinski definition) is 4. The third-order valence-corrected chi connectivity index (χ3v) is 3.78. The van der Waals surface area contributed by atoms with Crippen LogP contribution in [0, 0.1) is 5.92 Å². The second-order valence-corrected chi connectivity index (χ2v) is 5.46. The molecule has 1 saturated heterocycles. The van der Waals surface area contributed by atoms with Crippen molar-refractivity contribution in [3.8, 4) is 11.5 Å². The fraction of sp³-hybridized carbons (Fsp3) is 0.533. The van der Waals surface area contributed by atoms with Crippen LogP contribution in [-0.2, 0) is 11.3 Å². The third kappa shape index (κ3) is 2.88. The number of amides is 1. The summed E-state index contributed by atoms with van der Waals surface area (Å²) in [6, 6.07) is 5.86. The van der Waals surface area contributed by atoms with E-state index >= 15 is 0 Å². The number of carbonyl (C=O) groups is 1. The number of carbonyl (C=O) groups excluding carboxylic acids is 1. The number of benzene rings is 1. The van der Waals surface area contributed by atoms with Gasteiger partial charge in [0.15, 0.2) is 11.5 Å². The van der Waals surface area contributed by atoms with Gasteiger partial charge in [-0.05, 0) is 36.7 Å². The highest BCUT2D eigenvalue weighted by atomic mass is 16.6. The number of nitrogens with zero attached hydrogens (tertiary/aromatic N) is 1. The first-order valence-electron chi connectivity index (χ1n) is 7.05. The minimum atomic E-state index is 0.200. The Labute approximate surface area is 118 Å². The Bertz CT molecular complexity index is 500. The molecule has 0 atom stereocenters. The van der Waals surface area contributed by atoms with Crippen LogP contribution in [0.1, 0.15) is 12.0 Å². The van der Waals surface area contributed by atoms with Crippen LogP contribution in [0.25, 0.3) is 0 Å². The molecule has 108 valence electrons. The molecular weight excluding hydrogens is 256 g/mol. The van der Waals surface area contributed by atoms with Crippen molar-refractivity contribution in [1.29, 1.82) is 0 Å². The normalized spacial score (nSPS) is 17.4. The molecule has 3 rings (SSSR count). The lowest BCUT2D eigenvalue weighted by atomic mass is 9.98. The van der Waals surface area contributed by atoms with Gasteiger partial charge in [-0.1, -0.05) is 6.07 Å². The van der Waals surface area contributed by atoms with Crippen LogP contribution in [0.5, 0.6) is 11.5 Å². The SMILES string of the molecule is CN(Cc1ccc2c(c1)OCCO2)C(=O)CC1CNC1. The first-order chi connectivity index (χ1) is 9.72. The summed E-state index contributed by atoms with van der Waals surface area (Å²) >= 11 is 0. The molecular formula is C15H20N2O3. The average Bonchev–Trinajstić information content (AvgIpc) is 2.42. The maximum absolute atomic E-state index is 12.1. The van der Waals surface area contributed by atoms with Gasteiger partial charge in [-0.2, -0.15) is 0 Å². The summed E-state index contributed by atoms with van der Waals surface area (Å²) in [5.41, 5.74) is 1.07. The van der Waals surface area contributed by atoms with Gasteiger partial charge in [-0.15, -0.1) is 0 Å². The van der Waals surface area contributed by atoms with E-state index in [-0.39, 0.29) is 5.91 Å². The maximum Gasteiger partial charge on any atom is 0.222 e. The second-order valence-electron chi connectivity index (χ2n) is 5.46. The van der Waals surface area contributed by atoms with Gasteiger partial charge in [-0.25, -0.2) is 0 Å². The van der Waals surface area contributed by atoms with Crippen LogP contribution in [0.15, 0.2) is 18.2 Å². The van der Waals surface area contributed by atoms with Gasteiger partial charge in [0.1, 0.15) is 13.2 Å². The van der Waals surface area contributed by atoms with E-state index in [4.69, 9.17) is 9.47 Å². The van der Waals surface area contributed by atoms with Crippen LogP contribution < -0.4 is 14.8 Å². The maximum atomic E-state index is 12.1. The topological polar surface area (TPSA) is 50.8 Å².